The number of halogens is 4. The molecule has 2 aromatic carbocycles. The molecule has 0 amide bonds. The molecular formula is C17H17F4N3O4S. The molecule has 158 valence electrons. The minimum Gasteiger partial charge on any atom is -0.323 e. The second kappa shape index (κ2) is 8.43. The first-order valence-electron chi connectivity index (χ1n) is 8.24. The van der Waals surface area contributed by atoms with Crippen molar-refractivity contribution in [3.8, 4) is 0 Å². The van der Waals surface area contributed by atoms with Crippen LogP contribution in [0.5, 0.6) is 0 Å². The van der Waals surface area contributed by atoms with E-state index in [-0.39, 0.29) is 29.2 Å². The molecule has 0 saturated carbocycles. The van der Waals surface area contributed by atoms with Crippen LogP contribution in [0, 0.1) is 15.9 Å². The van der Waals surface area contributed by atoms with Crippen LogP contribution in [0.2, 0.25) is 0 Å². The van der Waals surface area contributed by atoms with Gasteiger partial charge in [-0.25, -0.2) is 12.8 Å². The van der Waals surface area contributed by atoms with E-state index in [2.05, 4.69) is 0 Å². The number of nitro benzene ring substituents is 1. The smallest absolute Gasteiger partial charge is 0.323 e. The van der Waals surface area contributed by atoms with Crippen LogP contribution >= 0.6 is 0 Å². The van der Waals surface area contributed by atoms with Crippen molar-refractivity contribution in [2.24, 2.45) is 5.73 Å². The zero-order valence-corrected chi connectivity index (χ0v) is 15.9. The molecule has 0 aliphatic rings. The first kappa shape index (κ1) is 22.7. The van der Waals surface area contributed by atoms with Crippen LogP contribution in [0.25, 0.3) is 0 Å². The Bertz CT molecular complexity index is 995. The van der Waals surface area contributed by atoms with Gasteiger partial charge in [-0.3, -0.25) is 10.1 Å². The van der Waals surface area contributed by atoms with Crippen molar-refractivity contribution in [3.63, 3.8) is 0 Å². The number of benzene rings is 2. The molecule has 7 nitrogen and oxygen atoms in total. The minimum absolute atomic E-state index is 0.0552. The fourth-order valence-electron chi connectivity index (χ4n) is 2.60. The zero-order chi connectivity index (χ0) is 22.0. The number of hydrogen-bond donors (Lipinski definition) is 1. The van der Waals surface area contributed by atoms with Gasteiger partial charge in [-0.1, -0.05) is 13.0 Å². The number of non-ortho nitro benzene ring substituents is 1. The lowest BCUT2D eigenvalue weighted by Gasteiger charge is -2.24. The van der Waals surface area contributed by atoms with Gasteiger partial charge in [-0.05, 0) is 29.8 Å². The predicted octanol–water partition coefficient (Wildman–Crippen LogP) is 3.46. The van der Waals surface area contributed by atoms with Crippen LogP contribution in [0.1, 0.15) is 24.1 Å². The van der Waals surface area contributed by atoms with Crippen LogP contribution in [0.4, 0.5) is 23.2 Å². The van der Waals surface area contributed by atoms with Gasteiger partial charge in [0.2, 0.25) is 10.0 Å². The molecule has 1 unspecified atom stereocenters. The van der Waals surface area contributed by atoms with E-state index in [4.69, 9.17) is 5.73 Å². The molecule has 29 heavy (non-hydrogen) atoms. The first-order valence-corrected chi connectivity index (χ1v) is 9.68. The van der Waals surface area contributed by atoms with Gasteiger partial charge in [-0.15, -0.1) is 0 Å². The maximum Gasteiger partial charge on any atom is 0.419 e. The van der Waals surface area contributed by atoms with Crippen LogP contribution in [-0.4, -0.2) is 30.7 Å². The SMILES string of the molecule is CCN(CC(N)c1ccc(F)c(C(F)(F)F)c1)S(=O)(=O)c1ccc([N+](=O)[O-])cc1. The molecule has 0 aliphatic carbocycles. The van der Waals surface area contributed by atoms with Gasteiger partial charge >= 0.3 is 6.18 Å². The summed E-state index contributed by atoms with van der Waals surface area (Å²) in [5.41, 5.74) is 4.01. The Labute approximate surface area is 163 Å². The normalized spacial score (nSPS) is 13.5. The number of likely N-dealkylation sites (N-methyl/N-ethyl adjacent to an activating group) is 1. The Morgan fingerprint density at radius 2 is 1.76 bits per heavy atom. The molecule has 0 aromatic heterocycles. The lowest BCUT2D eigenvalue weighted by Crippen LogP contribution is -2.37. The van der Waals surface area contributed by atoms with Crippen molar-refractivity contribution in [2.45, 2.75) is 24.0 Å². The molecule has 1 atom stereocenters. The van der Waals surface area contributed by atoms with E-state index < -0.39 is 38.5 Å². The van der Waals surface area contributed by atoms with Gasteiger partial charge in [0.25, 0.3) is 5.69 Å². The third-order valence-corrected chi connectivity index (χ3v) is 6.12. The first-order chi connectivity index (χ1) is 13.4. The van der Waals surface area contributed by atoms with Crippen molar-refractivity contribution >= 4 is 15.7 Å². The summed E-state index contributed by atoms with van der Waals surface area (Å²) < 4.78 is 78.5. The second-order valence-corrected chi connectivity index (χ2v) is 7.99. The summed E-state index contributed by atoms with van der Waals surface area (Å²) in [4.78, 5) is 9.79. The highest BCUT2D eigenvalue weighted by atomic mass is 32.2. The Morgan fingerprint density at radius 3 is 2.24 bits per heavy atom. The fraction of sp³-hybridized carbons (Fsp3) is 0.294. The maximum atomic E-state index is 13.4. The van der Waals surface area contributed by atoms with Crippen molar-refractivity contribution < 1.29 is 30.9 Å². The monoisotopic (exact) mass is 435 g/mol. The van der Waals surface area contributed by atoms with Crippen molar-refractivity contribution in [1.29, 1.82) is 0 Å². The van der Waals surface area contributed by atoms with E-state index in [1.54, 1.807) is 0 Å². The number of alkyl halides is 3. The molecular weight excluding hydrogens is 418 g/mol. The molecule has 12 heteroatoms. The number of nitro groups is 1. The molecule has 2 aromatic rings. The summed E-state index contributed by atoms with van der Waals surface area (Å²) >= 11 is 0. The van der Waals surface area contributed by atoms with E-state index in [9.17, 15) is 36.1 Å². The molecule has 0 saturated heterocycles. The van der Waals surface area contributed by atoms with E-state index in [1.165, 1.54) is 6.92 Å². The largest absolute Gasteiger partial charge is 0.419 e. The number of hydrogen-bond acceptors (Lipinski definition) is 5. The van der Waals surface area contributed by atoms with Gasteiger partial charge in [0.05, 0.1) is 15.4 Å². The van der Waals surface area contributed by atoms with Crippen LogP contribution < -0.4 is 5.73 Å². The van der Waals surface area contributed by atoms with Crippen molar-refractivity contribution in [3.05, 3.63) is 69.5 Å². The van der Waals surface area contributed by atoms with Crippen LogP contribution in [-0.2, 0) is 16.2 Å². The fourth-order valence-corrected chi connectivity index (χ4v) is 4.08. The van der Waals surface area contributed by atoms with Crippen LogP contribution in [0.15, 0.2) is 47.4 Å². The Hall–Kier alpha value is -2.57. The second-order valence-electron chi connectivity index (χ2n) is 6.05. The highest BCUT2D eigenvalue weighted by Gasteiger charge is 2.35. The van der Waals surface area contributed by atoms with Gasteiger partial charge in [0, 0.05) is 31.3 Å². The highest BCUT2D eigenvalue weighted by Crippen LogP contribution is 2.33. The molecule has 0 bridgehead atoms. The summed E-state index contributed by atoms with van der Waals surface area (Å²) in [6.07, 6.45) is -4.92. The lowest BCUT2D eigenvalue weighted by atomic mass is 10.0. The third-order valence-electron chi connectivity index (χ3n) is 4.16. The summed E-state index contributed by atoms with van der Waals surface area (Å²) in [7, 11) is -4.11. The van der Waals surface area contributed by atoms with E-state index in [0.29, 0.717) is 12.1 Å². The van der Waals surface area contributed by atoms with Crippen molar-refractivity contribution in [1.82, 2.24) is 4.31 Å². The van der Waals surface area contributed by atoms with Crippen molar-refractivity contribution in [2.75, 3.05) is 13.1 Å². The summed E-state index contributed by atoms with van der Waals surface area (Å²) in [6.45, 7) is 1.07. The van der Waals surface area contributed by atoms with E-state index in [0.717, 1.165) is 34.6 Å². The van der Waals surface area contributed by atoms with Gasteiger partial charge in [-0.2, -0.15) is 17.5 Å². The topological polar surface area (TPSA) is 107 Å². The Morgan fingerprint density at radius 1 is 1.17 bits per heavy atom. The summed E-state index contributed by atoms with van der Waals surface area (Å²) in [5, 5.41) is 10.7. The van der Waals surface area contributed by atoms with Crippen LogP contribution in [0.3, 0.4) is 0 Å². The number of rotatable bonds is 7. The van der Waals surface area contributed by atoms with E-state index >= 15 is 0 Å². The average molecular weight is 435 g/mol. The zero-order valence-electron chi connectivity index (χ0n) is 15.1. The summed E-state index contributed by atoms with van der Waals surface area (Å²) in [5.74, 6) is -1.46. The predicted molar refractivity (Wildman–Crippen MR) is 95.9 cm³/mol. The quantitative estimate of drug-likeness (QED) is 0.407. The third kappa shape index (κ3) is 5.08. The average Bonchev–Trinajstić information content (AvgIpc) is 2.65. The number of nitrogens with zero attached hydrogens (tertiary/aromatic N) is 2. The van der Waals surface area contributed by atoms with Gasteiger partial charge < -0.3 is 5.73 Å². The van der Waals surface area contributed by atoms with Gasteiger partial charge in [0.15, 0.2) is 0 Å². The highest BCUT2D eigenvalue weighted by molar-refractivity contribution is 7.89. The maximum absolute atomic E-state index is 13.4. The molecule has 0 aliphatic heterocycles. The molecule has 0 heterocycles. The molecule has 2 rings (SSSR count). The number of sulfonamides is 1. The molecule has 0 fully saturated rings. The molecule has 0 radical (unpaired) electrons. The number of nitrogens with two attached hydrogens (primary N) is 1. The van der Waals surface area contributed by atoms with Gasteiger partial charge in [0.1, 0.15) is 5.82 Å². The Kier molecular flexibility index (Phi) is 6.60. The van der Waals surface area contributed by atoms with E-state index in [1.807, 2.05) is 0 Å². The Balaban J connectivity index is 2.29. The lowest BCUT2D eigenvalue weighted by molar-refractivity contribution is -0.384. The summed E-state index contributed by atoms with van der Waals surface area (Å²) in [6, 6.07) is 5.23. The standard InChI is InChI=1S/C17H17F4N3O4S/c1-2-23(29(27,28)13-6-4-12(5-7-13)24(25)26)10-16(22)11-3-8-15(18)14(9-11)17(19,20)21/h3-9,16H,2,10,22H2,1H3. The minimum atomic E-state index is -4.92. The molecule has 2 N–H and O–H groups in total. The molecule has 0 spiro atoms.